The fourth-order valence-corrected chi connectivity index (χ4v) is 1.19. The van der Waals surface area contributed by atoms with Crippen LogP contribution < -0.4 is 10.3 Å². The molecular formula is C7H8BrNO2. The van der Waals surface area contributed by atoms with Crippen LogP contribution in [0.1, 0.15) is 0 Å². The van der Waals surface area contributed by atoms with Crippen molar-refractivity contribution in [2.24, 2.45) is 7.05 Å². The second-order valence-electron chi connectivity index (χ2n) is 2.09. The number of ether oxygens (including phenoxy) is 1. The van der Waals surface area contributed by atoms with Crippen LogP contribution in [0.5, 0.6) is 5.88 Å². The van der Waals surface area contributed by atoms with E-state index in [0.717, 1.165) is 0 Å². The highest BCUT2D eigenvalue weighted by Gasteiger charge is 2.01. The first-order valence-electron chi connectivity index (χ1n) is 3.06. The number of aromatic nitrogens is 1. The number of hydrogen-bond donors (Lipinski definition) is 0. The fraction of sp³-hybridized carbons (Fsp3) is 0.286. The van der Waals surface area contributed by atoms with Crippen LogP contribution in [0.2, 0.25) is 0 Å². The molecule has 0 N–H and O–H groups in total. The Hall–Kier alpha value is -0.770. The summed E-state index contributed by atoms with van der Waals surface area (Å²) in [4.78, 5) is 11.2. The molecule has 0 saturated heterocycles. The number of methoxy groups -OCH3 is 1. The topological polar surface area (TPSA) is 31.2 Å². The lowest BCUT2D eigenvalue weighted by Crippen LogP contribution is -2.18. The van der Waals surface area contributed by atoms with Gasteiger partial charge in [0, 0.05) is 7.05 Å². The van der Waals surface area contributed by atoms with E-state index in [1.165, 1.54) is 11.7 Å². The average Bonchev–Trinajstić information content (AvgIpc) is 2.01. The zero-order valence-corrected chi connectivity index (χ0v) is 7.88. The summed E-state index contributed by atoms with van der Waals surface area (Å²) in [6.45, 7) is 0. The first kappa shape index (κ1) is 8.33. The first-order valence-corrected chi connectivity index (χ1v) is 3.85. The Morgan fingerprint density at radius 3 is 2.73 bits per heavy atom. The third-order valence-corrected chi connectivity index (χ3v) is 2.02. The molecule has 0 unspecified atom stereocenters. The summed E-state index contributed by atoms with van der Waals surface area (Å²) in [6, 6.07) is 3.40. The molecule has 0 amide bonds. The largest absolute Gasteiger partial charge is 0.482 e. The third-order valence-electron chi connectivity index (χ3n) is 1.42. The molecule has 0 aliphatic carbocycles. The predicted octanol–water partition coefficient (Wildman–Crippen LogP) is 1.16. The average molecular weight is 218 g/mol. The van der Waals surface area contributed by atoms with Gasteiger partial charge in [0.05, 0.1) is 11.6 Å². The second-order valence-corrected chi connectivity index (χ2v) is 2.94. The van der Waals surface area contributed by atoms with Gasteiger partial charge in [0.15, 0.2) is 5.88 Å². The highest BCUT2D eigenvalue weighted by Crippen LogP contribution is 2.09. The van der Waals surface area contributed by atoms with E-state index in [-0.39, 0.29) is 5.56 Å². The Balaban J connectivity index is 3.37. The Kier molecular flexibility index (Phi) is 2.34. The monoisotopic (exact) mass is 217 g/mol. The van der Waals surface area contributed by atoms with Crippen molar-refractivity contribution in [2.75, 3.05) is 7.11 Å². The summed E-state index contributed by atoms with van der Waals surface area (Å²) in [7, 11) is 3.19. The molecule has 3 nitrogen and oxygen atoms in total. The van der Waals surface area contributed by atoms with Crippen LogP contribution in [0, 0.1) is 0 Å². The Morgan fingerprint density at radius 2 is 2.18 bits per heavy atom. The van der Waals surface area contributed by atoms with E-state index in [2.05, 4.69) is 15.9 Å². The lowest BCUT2D eigenvalue weighted by Gasteiger charge is -2.05. The van der Waals surface area contributed by atoms with Gasteiger partial charge in [-0.2, -0.15) is 0 Å². The molecule has 0 aliphatic rings. The van der Waals surface area contributed by atoms with Gasteiger partial charge >= 0.3 is 0 Å². The smallest absolute Gasteiger partial charge is 0.267 e. The van der Waals surface area contributed by atoms with E-state index in [9.17, 15) is 4.79 Å². The van der Waals surface area contributed by atoms with E-state index in [1.807, 2.05) is 0 Å². The minimum atomic E-state index is -0.0932. The van der Waals surface area contributed by atoms with Crippen molar-refractivity contribution in [3.8, 4) is 5.88 Å². The highest BCUT2D eigenvalue weighted by atomic mass is 79.9. The number of rotatable bonds is 1. The van der Waals surface area contributed by atoms with Crippen molar-refractivity contribution in [3.63, 3.8) is 0 Å². The molecule has 1 aromatic heterocycles. The van der Waals surface area contributed by atoms with E-state index in [1.54, 1.807) is 19.2 Å². The fourth-order valence-electron chi connectivity index (χ4n) is 0.793. The molecule has 0 atom stereocenters. The molecule has 0 fully saturated rings. The Morgan fingerprint density at radius 1 is 1.55 bits per heavy atom. The molecular weight excluding hydrogens is 210 g/mol. The van der Waals surface area contributed by atoms with Gasteiger partial charge in [-0.05, 0) is 28.1 Å². The molecule has 0 aromatic carbocycles. The number of nitrogens with zero attached hydrogens (tertiary/aromatic N) is 1. The SMILES string of the molecule is COc1ccc(Br)c(=O)n1C. The van der Waals surface area contributed by atoms with Crippen LogP contribution in [0.15, 0.2) is 21.4 Å². The van der Waals surface area contributed by atoms with E-state index < -0.39 is 0 Å². The Labute approximate surface area is 72.7 Å². The summed E-state index contributed by atoms with van der Waals surface area (Å²) in [6.07, 6.45) is 0. The normalized spacial score (nSPS) is 9.73. The Bertz CT molecular complexity index is 319. The summed E-state index contributed by atoms with van der Waals surface area (Å²) >= 11 is 3.12. The lowest BCUT2D eigenvalue weighted by molar-refractivity contribution is 0.375. The zero-order chi connectivity index (χ0) is 8.43. The molecule has 0 saturated carbocycles. The van der Waals surface area contributed by atoms with E-state index in [0.29, 0.717) is 10.4 Å². The van der Waals surface area contributed by atoms with Crippen LogP contribution >= 0.6 is 15.9 Å². The van der Waals surface area contributed by atoms with Crippen molar-refractivity contribution < 1.29 is 4.74 Å². The molecule has 60 valence electrons. The van der Waals surface area contributed by atoms with Gasteiger partial charge in [0.1, 0.15) is 0 Å². The van der Waals surface area contributed by atoms with Crippen molar-refractivity contribution >= 4 is 15.9 Å². The van der Waals surface area contributed by atoms with Gasteiger partial charge in [0.25, 0.3) is 5.56 Å². The van der Waals surface area contributed by atoms with Crippen molar-refractivity contribution in [1.29, 1.82) is 0 Å². The lowest BCUT2D eigenvalue weighted by atomic mass is 10.5. The maximum atomic E-state index is 11.2. The van der Waals surface area contributed by atoms with Gasteiger partial charge < -0.3 is 4.74 Å². The highest BCUT2D eigenvalue weighted by molar-refractivity contribution is 9.10. The molecule has 0 spiro atoms. The van der Waals surface area contributed by atoms with Crippen LogP contribution in [-0.4, -0.2) is 11.7 Å². The zero-order valence-electron chi connectivity index (χ0n) is 6.30. The number of hydrogen-bond acceptors (Lipinski definition) is 2. The summed E-state index contributed by atoms with van der Waals surface area (Å²) in [5.74, 6) is 0.554. The minimum Gasteiger partial charge on any atom is -0.482 e. The molecule has 0 radical (unpaired) electrons. The van der Waals surface area contributed by atoms with E-state index in [4.69, 9.17) is 4.74 Å². The van der Waals surface area contributed by atoms with Crippen LogP contribution in [0.25, 0.3) is 0 Å². The van der Waals surface area contributed by atoms with Crippen LogP contribution in [0.3, 0.4) is 0 Å². The van der Waals surface area contributed by atoms with Gasteiger partial charge in [-0.25, -0.2) is 0 Å². The number of pyridine rings is 1. The van der Waals surface area contributed by atoms with Crippen LogP contribution in [0.4, 0.5) is 0 Å². The second kappa shape index (κ2) is 3.09. The first-order chi connectivity index (χ1) is 5.16. The standard InChI is InChI=1S/C7H8BrNO2/c1-9-6(11-2)4-3-5(8)7(9)10/h3-4H,1-2H3. The van der Waals surface area contributed by atoms with Crippen molar-refractivity contribution in [3.05, 3.63) is 27.0 Å². The summed E-state index contributed by atoms with van der Waals surface area (Å²) in [5.41, 5.74) is -0.0932. The minimum absolute atomic E-state index is 0.0932. The molecule has 0 aliphatic heterocycles. The molecule has 1 aromatic rings. The molecule has 11 heavy (non-hydrogen) atoms. The maximum Gasteiger partial charge on any atom is 0.267 e. The van der Waals surface area contributed by atoms with Crippen molar-refractivity contribution in [1.82, 2.24) is 4.57 Å². The summed E-state index contributed by atoms with van der Waals surface area (Å²) in [5, 5.41) is 0. The van der Waals surface area contributed by atoms with Gasteiger partial charge in [-0.1, -0.05) is 0 Å². The van der Waals surface area contributed by atoms with Gasteiger partial charge in [-0.15, -0.1) is 0 Å². The summed E-state index contributed by atoms with van der Waals surface area (Å²) < 4.78 is 6.90. The van der Waals surface area contributed by atoms with Gasteiger partial charge in [-0.3, -0.25) is 9.36 Å². The quantitative estimate of drug-likeness (QED) is 0.708. The molecule has 1 rings (SSSR count). The molecule has 1 heterocycles. The molecule has 0 bridgehead atoms. The number of halogens is 1. The maximum absolute atomic E-state index is 11.2. The predicted molar refractivity (Wildman–Crippen MR) is 45.9 cm³/mol. The third kappa shape index (κ3) is 1.45. The van der Waals surface area contributed by atoms with Gasteiger partial charge in [0.2, 0.25) is 0 Å². The molecule has 4 heteroatoms. The van der Waals surface area contributed by atoms with Crippen LogP contribution in [-0.2, 0) is 7.05 Å². The van der Waals surface area contributed by atoms with E-state index >= 15 is 0 Å². The van der Waals surface area contributed by atoms with Crippen molar-refractivity contribution in [2.45, 2.75) is 0 Å².